The average molecular weight is 246 g/mol. The van der Waals surface area contributed by atoms with Crippen molar-refractivity contribution >= 4 is 23.3 Å². The average Bonchev–Trinajstić information content (AvgIpc) is 2.31. The predicted molar refractivity (Wildman–Crippen MR) is 69.7 cm³/mol. The number of hydrogen-bond acceptors (Lipinski definition) is 3. The zero-order chi connectivity index (χ0) is 13.5. The molecular weight excluding hydrogens is 232 g/mol. The van der Waals surface area contributed by atoms with Gasteiger partial charge >= 0.3 is 6.03 Å². The summed E-state index contributed by atoms with van der Waals surface area (Å²) in [6, 6.07) is 5.05. The lowest BCUT2D eigenvalue weighted by Crippen LogP contribution is -2.35. The van der Waals surface area contributed by atoms with Crippen LogP contribution < -0.4 is 22.1 Å². The molecule has 0 aliphatic rings. The van der Waals surface area contributed by atoms with Crippen molar-refractivity contribution in [3.8, 4) is 12.3 Å². The normalized spacial score (nSPS) is 11.1. The second-order valence-corrected chi connectivity index (χ2v) is 3.57. The molecular formula is C12H14N4O2. The third-order valence-corrected chi connectivity index (χ3v) is 2.09. The summed E-state index contributed by atoms with van der Waals surface area (Å²) in [4.78, 5) is 22.1. The minimum Gasteiger partial charge on any atom is -0.351 e. The first kappa shape index (κ1) is 13.5. The highest BCUT2D eigenvalue weighted by Gasteiger charge is 2.11. The van der Waals surface area contributed by atoms with Crippen molar-refractivity contribution in [2.75, 3.05) is 10.6 Å². The highest BCUT2D eigenvalue weighted by atomic mass is 16.2. The molecule has 6 N–H and O–H groups in total. The van der Waals surface area contributed by atoms with Gasteiger partial charge in [-0.1, -0.05) is 0 Å². The van der Waals surface area contributed by atoms with Crippen molar-refractivity contribution in [2.45, 2.75) is 12.5 Å². The smallest absolute Gasteiger partial charge is 0.316 e. The van der Waals surface area contributed by atoms with Crippen LogP contribution in [0.3, 0.4) is 0 Å². The lowest BCUT2D eigenvalue weighted by atomic mass is 10.2. The molecule has 1 atom stereocenters. The molecule has 6 heteroatoms. The fourth-order valence-electron chi connectivity index (χ4n) is 1.23. The van der Waals surface area contributed by atoms with Gasteiger partial charge in [0.25, 0.3) is 0 Å². The summed E-state index contributed by atoms with van der Waals surface area (Å²) in [6.45, 7) is 0. The summed E-state index contributed by atoms with van der Waals surface area (Å²) in [7, 11) is 0. The molecule has 1 aromatic rings. The molecule has 0 aromatic heterocycles. The molecule has 3 amide bonds. The van der Waals surface area contributed by atoms with Crippen LogP contribution in [0.25, 0.3) is 0 Å². The molecule has 94 valence electrons. The van der Waals surface area contributed by atoms with Crippen molar-refractivity contribution < 1.29 is 9.59 Å². The van der Waals surface area contributed by atoms with Crippen molar-refractivity contribution in [1.82, 2.24) is 0 Å². The van der Waals surface area contributed by atoms with Crippen LogP contribution in [0, 0.1) is 12.3 Å². The summed E-state index contributed by atoms with van der Waals surface area (Å²) in [5.41, 5.74) is 11.6. The largest absolute Gasteiger partial charge is 0.351 e. The van der Waals surface area contributed by atoms with Gasteiger partial charge in [0.1, 0.15) is 0 Å². The number of nitrogens with one attached hydrogen (secondary N) is 2. The maximum absolute atomic E-state index is 11.5. The van der Waals surface area contributed by atoms with Gasteiger partial charge in [0.2, 0.25) is 5.91 Å². The molecule has 0 bridgehead atoms. The number of hydrogen-bond donors (Lipinski definition) is 4. The molecule has 0 aliphatic heterocycles. The quantitative estimate of drug-likeness (QED) is 0.579. The van der Waals surface area contributed by atoms with Gasteiger partial charge in [0, 0.05) is 17.8 Å². The summed E-state index contributed by atoms with van der Waals surface area (Å²) >= 11 is 0. The van der Waals surface area contributed by atoms with Gasteiger partial charge in [-0.25, -0.2) is 4.79 Å². The van der Waals surface area contributed by atoms with E-state index in [1.54, 1.807) is 24.3 Å². The van der Waals surface area contributed by atoms with E-state index < -0.39 is 12.1 Å². The van der Waals surface area contributed by atoms with E-state index >= 15 is 0 Å². The van der Waals surface area contributed by atoms with Crippen LogP contribution in [0.1, 0.15) is 6.42 Å². The Morgan fingerprint density at radius 2 is 1.72 bits per heavy atom. The molecule has 0 heterocycles. The Balaban J connectivity index is 2.61. The minimum atomic E-state index is -0.738. The first-order valence-electron chi connectivity index (χ1n) is 5.19. The number of anilines is 2. The highest BCUT2D eigenvalue weighted by molar-refractivity contribution is 5.95. The maximum atomic E-state index is 11.5. The van der Waals surface area contributed by atoms with E-state index in [-0.39, 0.29) is 12.3 Å². The number of carbonyl (C=O) groups is 2. The molecule has 1 aromatic carbocycles. The van der Waals surface area contributed by atoms with E-state index in [1.165, 1.54) is 0 Å². The second kappa shape index (κ2) is 6.27. The zero-order valence-electron chi connectivity index (χ0n) is 9.64. The summed E-state index contributed by atoms with van der Waals surface area (Å²) in [5.74, 6) is 1.96. The minimum absolute atomic E-state index is 0.174. The van der Waals surface area contributed by atoms with Crippen LogP contribution in [-0.2, 0) is 4.79 Å². The third kappa shape index (κ3) is 4.15. The fraction of sp³-hybridized carbons (Fsp3) is 0.167. The van der Waals surface area contributed by atoms with Gasteiger partial charge in [0.15, 0.2) is 0 Å². The van der Waals surface area contributed by atoms with Crippen LogP contribution in [0.4, 0.5) is 16.2 Å². The molecule has 0 spiro atoms. The molecule has 1 unspecified atom stereocenters. The van der Waals surface area contributed by atoms with E-state index in [1.807, 2.05) is 0 Å². The Morgan fingerprint density at radius 3 is 2.17 bits per heavy atom. The molecule has 0 radical (unpaired) electrons. The third-order valence-electron chi connectivity index (χ3n) is 2.09. The second-order valence-electron chi connectivity index (χ2n) is 3.57. The SMILES string of the molecule is C#CCC(N)C(=O)Nc1ccc(NC(N)=O)cc1. The van der Waals surface area contributed by atoms with E-state index in [4.69, 9.17) is 17.9 Å². The monoisotopic (exact) mass is 246 g/mol. The number of nitrogens with two attached hydrogens (primary N) is 2. The number of urea groups is 1. The van der Waals surface area contributed by atoms with Crippen LogP contribution in [-0.4, -0.2) is 18.0 Å². The zero-order valence-corrected chi connectivity index (χ0v) is 9.64. The van der Waals surface area contributed by atoms with Crippen LogP contribution in [0.15, 0.2) is 24.3 Å². The first-order chi connectivity index (χ1) is 8.52. The first-order valence-corrected chi connectivity index (χ1v) is 5.19. The molecule has 1 rings (SSSR count). The lowest BCUT2D eigenvalue weighted by Gasteiger charge is -2.10. The van der Waals surface area contributed by atoms with Crippen LogP contribution in [0.2, 0.25) is 0 Å². The van der Waals surface area contributed by atoms with Gasteiger partial charge in [-0.15, -0.1) is 12.3 Å². The maximum Gasteiger partial charge on any atom is 0.316 e. The molecule has 0 aliphatic carbocycles. The van der Waals surface area contributed by atoms with Crippen molar-refractivity contribution in [3.63, 3.8) is 0 Å². The van der Waals surface area contributed by atoms with Crippen molar-refractivity contribution in [3.05, 3.63) is 24.3 Å². The van der Waals surface area contributed by atoms with E-state index in [9.17, 15) is 9.59 Å². The van der Waals surface area contributed by atoms with Crippen LogP contribution >= 0.6 is 0 Å². The summed E-state index contributed by atoms with van der Waals surface area (Å²) in [5, 5.41) is 5.01. The van der Waals surface area contributed by atoms with Gasteiger partial charge in [0.05, 0.1) is 6.04 Å². The van der Waals surface area contributed by atoms with Crippen molar-refractivity contribution in [2.24, 2.45) is 11.5 Å². The topological polar surface area (TPSA) is 110 Å². The number of benzene rings is 1. The Hall–Kier alpha value is -2.52. The van der Waals surface area contributed by atoms with Gasteiger partial charge < -0.3 is 22.1 Å². The van der Waals surface area contributed by atoms with E-state index in [2.05, 4.69) is 16.6 Å². The fourth-order valence-corrected chi connectivity index (χ4v) is 1.23. The molecule has 18 heavy (non-hydrogen) atoms. The molecule has 0 fully saturated rings. The number of primary amides is 1. The standard InChI is InChI=1S/C12H14N4O2/c1-2-3-10(13)11(17)15-8-4-6-9(7-5-8)16-12(14)18/h1,4-7,10H,3,13H2,(H,15,17)(H3,14,16,18). The Labute approximate surface area is 105 Å². The van der Waals surface area contributed by atoms with E-state index in [0.29, 0.717) is 11.4 Å². The predicted octanol–water partition coefficient (Wildman–Crippen LogP) is 0.466. The molecule has 0 saturated heterocycles. The van der Waals surface area contributed by atoms with Crippen LogP contribution in [0.5, 0.6) is 0 Å². The highest BCUT2D eigenvalue weighted by Crippen LogP contribution is 2.13. The van der Waals surface area contributed by atoms with Crippen molar-refractivity contribution in [1.29, 1.82) is 0 Å². The van der Waals surface area contributed by atoms with Gasteiger partial charge in [-0.3, -0.25) is 4.79 Å². The number of carbonyl (C=O) groups excluding carboxylic acids is 2. The molecule has 6 nitrogen and oxygen atoms in total. The number of amides is 3. The Morgan fingerprint density at radius 1 is 1.22 bits per heavy atom. The van der Waals surface area contributed by atoms with Gasteiger partial charge in [-0.2, -0.15) is 0 Å². The number of terminal acetylenes is 1. The number of rotatable bonds is 4. The lowest BCUT2D eigenvalue weighted by molar-refractivity contribution is -0.117. The Kier molecular flexibility index (Phi) is 4.72. The van der Waals surface area contributed by atoms with Gasteiger partial charge in [-0.05, 0) is 24.3 Å². The summed E-state index contributed by atoms with van der Waals surface area (Å²) in [6.07, 6.45) is 5.24. The Bertz CT molecular complexity index is 476. The van der Waals surface area contributed by atoms with E-state index in [0.717, 1.165) is 0 Å². The summed E-state index contributed by atoms with van der Waals surface area (Å²) < 4.78 is 0. The molecule has 0 saturated carbocycles.